The topological polar surface area (TPSA) is 102 Å². The Balaban J connectivity index is 1.57. The minimum Gasteiger partial charge on any atom is -0.435 e. The van der Waals surface area contributed by atoms with Crippen LogP contribution in [-0.2, 0) is 13.7 Å². The van der Waals surface area contributed by atoms with Crippen molar-refractivity contribution in [3.05, 3.63) is 66.2 Å². The fourth-order valence-electron chi connectivity index (χ4n) is 3.11. The Labute approximate surface area is 175 Å². The van der Waals surface area contributed by atoms with Crippen molar-refractivity contribution in [1.29, 1.82) is 0 Å². The van der Waals surface area contributed by atoms with Gasteiger partial charge in [-0.05, 0) is 36.4 Å². The van der Waals surface area contributed by atoms with E-state index in [1.165, 1.54) is 30.5 Å². The van der Waals surface area contributed by atoms with Crippen LogP contribution in [-0.4, -0.2) is 37.4 Å². The summed E-state index contributed by atoms with van der Waals surface area (Å²) in [5, 5.41) is 17.2. The number of aromatic nitrogens is 4. The standard InChI is InChI=1S/C21H17F2N5O3/c1-28-18(11-29)16(9-26-28)14-6-13-7-19(25-10-17(13)24-8-14)27-20(30)12-2-4-15(5-3-12)31-21(22)23/h2-10,21,29H,11H2,1H3,(H,25,27,30). The van der Waals surface area contributed by atoms with Gasteiger partial charge in [-0.15, -0.1) is 0 Å². The summed E-state index contributed by atoms with van der Waals surface area (Å²) in [4.78, 5) is 21.0. The highest BCUT2D eigenvalue weighted by molar-refractivity contribution is 6.04. The molecule has 4 rings (SSSR count). The highest BCUT2D eigenvalue weighted by Gasteiger charge is 2.13. The van der Waals surface area contributed by atoms with Gasteiger partial charge in [-0.3, -0.25) is 14.5 Å². The minimum atomic E-state index is -2.93. The van der Waals surface area contributed by atoms with Gasteiger partial charge in [-0.2, -0.15) is 13.9 Å². The maximum absolute atomic E-state index is 12.5. The summed E-state index contributed by atoms with van der Waals surface area (Å²) in [5.74, 6) is -0.182. The molecule has 2 N–H and O–H groups in total. The molecule has 0 aliphatic carbocycles. The van der Waals surface area contributed by atoms with Crippen LogP contribution in [0.5, 0.6) is 5.75 Å². The number of hydrogen-bond donors (Lipinski definition) is 2. The second kappa shape index (κ2) is 8.44. The summed E-state index contributed by atoms with van der Waals surface area (Å²) in [5.41, 5.74) is 3.07. The van der Waals surface area contributed by atoms with Crippen molar-refractivity contribution < 1.29 is 23.4 Å². The number of amides is 1. The van der Waals surface area contributed by atoms with Gasteiger partial charge >= 0.3 is 6.61 Å². The van der Waals surface area contributed by atoms with Crippen molar-refractivity contribution in [2.45, 2.75) is 13.2 Å². The van der Waals surface area contributed by atoms with Crippen molar-refractivity contribution >= 4 is 22.6 Å². The van der Waals surface area contributed by atoms with Gasteiger partial charge in [0.1, 0.15) is 11.6 Å². The molecule has 0 spiro atoms. The zero-order valence-corrected chi connectivity index (χ0v) is 16.3. The lowest BCUT2D eigenvalue weighted by molar-refractivity contribution is -0.0498. The molecule has 0 aliphatic heterocycles. The average Bonchev–Trinajstić information content (AvgIpc) is 3.13. The summed E-state index contributed by atoms with van der Waals surface area (Å²) < 4.78 is 30.4. The largest absolute Gasteiger partial charge is 0.435 e. The first-order valence-electron chi connectivity index (χ1n) is 9.18. The Hall–Kier alpha value is -3.92. The van der Waals surface area contributed by atoms with Gasteiger partial charge in [-0.1, -0.05) is 0 Å². The SMILES string of the molecule is Cn1ncc(-c2cnc3cnc(NC(=O)c4ccc(OC(F)F)cc4)cc3c2)c1CO. The average molecular weight is 425 g/mol. The Morgan fingerprint density at radius 2 is 1.94 bits per heavy atom. The van der Waals surface area contributed by atoms with Crippen LogP contribution in [0.3, 0.4) is 0 Å². The van der Waals surface area contributed by atoms with Crippen molar-refractivity contribution in [2.24, 2.45) is 7.05 Å². The second-order valence-electron chi connectivity index (χ2n) is 6.63. The fraction of sp³-hybridized carbons (Fsp3) is 0.143. The molecule has 8 nitrogen and oxygen atoms in total. The van der Waals surface area contributed by atoms with E-state index in [1.54, 1.807) is 30.2 Å². The first-order valence-corrected chi connectivity index (χ1v) is 9.18. The molecule has 0 bridgehead atoms. The number of aliphatic hydroxyl groups is 1. The molecule has 0 fully saturated rings. The summed E-state index contributed by atoms with van der Waals surface area (Å²) in [6, 6.07) is 8.88. The van der Waals surface area contributed by atoms with Gasteiger partial charge in [0.15, 0.2) is 0 Å². The number of halogens is 2. The van der Waals surface area contributed by atoms with E-state index in [-0.39, 0.29) is 17.9 Å². The normalized spacial score (nSPS) is 11.1. The Morgan fingerprint density at radius 1 is 1.16 bits per heavy atom. The Morgan fingerprint density at radius 3 is 2.65 bits per heavy atom. The monoisotopic (exact) mass is 425 g/mol. The fourth-order valence-corrected chi connectivity index (χ4v) is 3.11. The summed E-state index contributed by atoms with van der Waals surface area (Å²) in [7, 11) is 1.74. The quantitative estimate of drug-likeness (QED) is 0.491. The zero-order valence-electron chi connectivity index (χ0n) is 16.3. The number of fused-ring (bicyclic) bond motifs is 1. The molecule has 3 aromatic heterocycles. The lowest BCUT2D eigenvalue weighted by Gasteiger charge is -2.08. The third-order valence-electron chi connectivity index (χ3n) is 4.67. The van der Waals surface area contributed by atoms with Gasteiger partial charge in [0.25, 0.3) is 5.91 Å². The number of aliphatic hydroxyl groups excluding tert-OH is 1. The van der Waals surface area contributed by atoms with E-state index in [0.29, 0.717) is 17.0 Å². The van der Waals surface area contributed by atoms with Crippen LogP contribution in [0, 0.1) is 0 Å². The van der Waals surface area contributed by atoms with Crippen LogP contribution in [0.2, 0.25) is 0 Å². The number of alkyl halides is 2. The molecule has 4 aromatic rings. The van der Waals surface area contributed by atoms with Crippen LogP contribution in [0.4, 0.5) is 14.6 Å². The molecule has 0 unspecified atom stereocenters. The van der Waals surface area contributed by atoms with E-state index >= 15 is 0 Å². The van der Waals surface area contributed by atoms with E-state index in [0.717, 1.165) is 16.5 Å². The summed E-state index contributed by atoms with van der Waals surface area (Å²) in [6.07, 6.45) is 4.85. The predicted molar refractivity (Wildman–Crippen MR) is 109 cm³/mol. The van der Waals surface area contributed by atoms with Crippen LogP contribution in [0.1, 0.15) is 16.1 Å². The number of pyridine rings is 2. The van der Waals surface area contributed by atoms with E-state index in [1.807, 2.05) is 6.07 Å². The summed E-state index contributed by atoms with van der Waals surface area (Å²) in [6.45, 7) is -3.09. The molecule has 1 aromatic carbocycles. The molecule has 0 aliphatic rings. The molecule has 0 saturated heterocycles. The zero-order chi connectivity index (χ0) is 22.0. The number of ether oxygens (including phenoxy) is 1. The van der Waals surface area contributed by atoms with Crippen LogP contribution in [0.25, 0.3) is 22.0 Å². The van der Waals surface area contributed by atoms with Crippen LogP contribution < -0.4 is 10.1 Å². The highest BCUT2D eigenvalue weighted by Crippen LogP contribution is 2.26. The number of hydrogen-bond acceptors (Lipinski definition) is 6. The van der Waals surface area contributed by atoms with Crippen molar-refractivity contribution in [3.8, 4) is 16.9 Å². The predicted octanol–water partition coefficient (Wildman–Crippen LogP) is 3.38. The van der Waals surface area contributed by atoms with Gasteiger partial charge in [0.2, 0.25) is 0 Å². The second-order valence-corrected chi connectivity index (χ2v) is 6.63. The van der Waals surface area contributed by atoms with Crippen molar-refractivity contribution in [2.75, 3.05) is 5.32 Å². The minimum absolute atomic E-state index is 0.0355. The lowest BCUT2D eigenvalue weighted by atomic mass is 10.1. The summed E-state index contributed by atoms with van der Waals surface area (Å²) >= 11 is 0. The first-order chi connectivity index (χ1) is 14.9. The van der Waals surface area contributed by atoms with Gasteiger partial charge in [-0.25, -0.2) is 4.98 Å². The Bertz CT molecular complexity index is 1240. The number of carbonyl (C=O) groups is 1. The molecule has 3 heterocycles. The van der Waals surface area contributed by atoms with Crippen LogP contribution in [0.15, 0.2) is 55.0 Å². The van der Waals surface area contributed by atoms with Crippen molar-refractivity contribution in [1.82, 2.24) is 19.7 Å². The number of aryl methyl sites for hydroxylation is 1. The van der Waals surface area contributed by atoms with Gasteiger partial charge < -0.3 is 15.2 Å². The van der Waals surface area contributed by atoms with Crippen LogP contribution >= 0.6 is 0 Å². The molecule has 0 saturated carbocycles. The third kappa shape index (κ3) is 4.33. The lowest BCUT2D eigenvalue weighted by Crippen LogP contribution is -2.13. The van der Waals surface area contributed by atoms with Gasteiger partial charge in [0, 0.05) is 35.3 Å². The number of carbonyl (C=O) groups excluding carboxylic acids is 1. The maximum Gasteiger partial charge on any atom is 0.387 e. The number of nitrogens with zero attached hydrogens (tertiary/aromatic N) is 4. The van der Waals surface area contributed by atoms with E-state index in [4.69, 9.17) is 0 Å². The van der Waals surface area contributed by atoms with E-state index < -0.39 is 12.5 Å². The molecular weight excluding hydrogens is 408 g/mol. The maximum atomic E-state index is 12.5. The molecule has 158 valence electrons. The number of anilines is 1. The van der Waals surface area contributed by atoms with Gasteiger partial charge in [0.05, 0.1) is 30.2 Å². The Kier molecular flexibility index (Phi) is 5.54. The molecular formula is C21H17F2N5O3. The molecule has 1 amide bonds. The smallest absolute Gasteiger partial charge is 0.387 e. The van der Waals surface area contributed by atoms with E-state index in [2.05, 4.69) is 25.1 Å². The third-order valence-corrected chi connectivity index (χ3v) is 4.67. The molecule has 0 radical (unpaired) electrons. The molecule has 31 heavy (non-hydrogen) atoms. The molecule has 0 atom stereocenters. The highest BCUT2D eigenvalue weighted by atomic mass is 19.3. The van der Waals surface area contributed by atoms with E-state index in [9.17, 15) is 18.7 Å². The first kappa shape index (κ1) is 20.4. The molecule has 10 heteroatoms. The number of benzene rings is 1. The van der Waals surface area contributed by atoms with Crippen molar-refractivity contribution in [3.63, 3.8) is 0 Å². The number of rotatable bonds is 6. The number of nitrogens with one attached hydrogen (secondary N) is 1.